The van der Waals surface area contributed by atoms with Crippen LogP contribution in [0.4, 0.5) is 9.18 Å². The summed E-state index contributed by atoms with van der Waals surface area (Å²) in [5.41, 5.74) is 10.8. The summed E-state index contributed by atoms with van der Waals surface area (Å²) in [5.74, 6) is -0.624. The maximum absolute atomic E-state index is 14.8. The Labute approximate surface area is 178 Å². The zero-order valence-electron chi connectivity index (χ0n) is 18.1. The molecule has 2 amide bonds. The quantitative estimate of drug-likeness (QED) is 0.386. The molecule has 4 rings (SSSR count). The lowest BCUT2D eigenvalue weighted by atomic mass is 9.96. The molecule has 10 heteroatoms. The number of nitrogens with zero attached hydrogens (tertiary/aromatic N) is 6. The third-order valence-corrected chi connectivity index (χ3v) is 4.87. The number of amides is 2. The first-order valence-electron chi connectivity index (χ1n) is 9.91. The van der Waals surface area contributed by atoms with Crippen molar-refractivity contribution in [2.24, 2.45) is 17.9 Å². The van der Waals surface area contributed by atoms with Crippen LogP contribution in [-0.2, 0) is 7.05 Å². The number of nitrogens with two attached hydrogens (primary N) is 1. The third-order valence-electron chi connectivity index (χ3n) is 4.87. The van der Waals surface area contributed by atoms with Gasteiger partial charge in [0.2, 0.25) is 0 Å². The zero-order valence-corrected chi connectivity index (χ0v) is 18.1. The molecule has 0 fully saturated rings. The fourth-order valence-corrected chi connectivity index (χ4v) is 3.26. The second-order valence-corrected chi connectivity index (χ2v) is 6.77. The molecule has 0 aliphatic rings. The van der Waals surface area contributed by atoms with E-state index in [-0.39, 0.29) is 11.7 Å². The minimum absolute atomic E-state index is 0.307. The van der Waals surface area contributed by atoms with Crippen molar-refractivity contribution in [2.75, 3.05) is 0 Å². The van der Waals surface area contributed by atoms with E-state index in [0.29, 0.717) is 22.6 Å². The Balaban J connectivity index is 0.00000132. The molecule has 0 aliphatic heterocycles. The smallest absolute Gasteiger partial charge is 0.332 e. The molecular weight excluding hydrogens is 399 g/mol. The molecule has 3 N–H and O–H groups in total. The summed E-state index contributed by atoms with van der Waals surface area (Å²) in [6.45, 7) is 7.59. The van der Waals surface area contributed by atoms with Gasteiger partial charge in [0.05, 0.1) is 29.3 Å². The highest BCUT2D eigenvalue weighted by atomic mass is 19.1. The zero-order chi connectivity index (χ0) is 22.7. The second-order valence-electron chi connectivity index (χ2n) is 6.77. The Morgan fingerprint density at radius 1 is 1.26 bits per heavy atom. The van der Waals surface area contributed by atoms with E-state index in [4.69, 9.17) is 5.73 Å². The van der Waals surface area contributed by atoms with Gasteiger partial charge in [0.15, 0.2) is 5.65 Å². The standard InChI is InChI=1S/C19H19FN8O.C2H6/c1-10(13-6-12-8-23-27(3)16(12)7-14(13)20)17-9-22-18-5-4-15(26-28(17)18)11(2)24-25-19(21)29;1-2/h4-10H,1-3H3,(H3,21,25,29);1-2H3/b24-11+;. The number of primary amides is 1. The number of urea groups is 1. The average Bonchev–Trinajstić information content (AvgIpc) is 3.35. The van der Waals surface area contributed by atoms with E-state index in [1.54, 1.807) is 53.8 Å². The molecule has 3 heterocycles. The molecule has 1 unspecified atom stereocenters. The summed E-state index contributed by atoms with van der Waals surface area (Å²) in [7, 11) is 1.78. The summed E-state index contributed by atoms with van der Waals surface area (Å²) in [4.78, 5) is 15.2. The van der Waals surface area contributed by atoms with Crippen LogP contribution in [0.3, 0.4) is 0 Å². The van der Waals surface area contributed by atoms with Crippen molar-refractivity contribution < 1.29 is 9.18 Å². The van der Waals surface area contributed by atoms with Crippen LogP contribution in [0.15, 0.2) is 41.8 Å². The van der Waals surface area contributed by atoms with Crippen molar-refractivity contribution in [3.63, 3.8) is 0 Å². The second kappa shape index (κ2) is 8.90. The minimum Gasteiger partial charge on any atom is -0.350 e. The van der Waals surface area contributed by atoms with Gasteiger partial charge < -0.3 is 5.73 Å². The first kappa shape index (κ1) is 21.9. The van der Waals surface area contributed by atoms with E-state index >= 15 is 0 Å². The van der Waals surface area contributed by atoms with Gasteiger partial charge in [0.25, 0.3) is 0 Å². The summed E-state index contributed by atoms with van der Waals surface area (Å²) in [5, 5.41) is 13.5. The number of carbonyl (C=O) groups excluding carboxylic acids is 1. The van der Waals surface area contributed by atoms with Gasteiger partial charge in [-0.15, -0.1) is 0 Å². The molecular formula is C21H25FN8O. The Kier molecular flexibility index (Phi) is 6.28. The van der Waals surface area contributed by atoms with E-state index in [9.17, 15) is 9.18 Å². The van der Waals surface area contributed by atoms with Crippen molar-refractivity contribution in [3.05, 3.63) is 59.4 Å². The van der Waals surface area contributed by atoms with E-state index in [0.717, 1.165) is 16.6 Å². The molecule has 3 aromatic heterocycles. The predicted octanol–water partition coefficient (Wildman–Crippen LogP) is 3.33. The highest BCUT2D eigenvalue weighted by molar-refractivity contribution is 5.97. The lowest BCUT2D eigenvalue weighted by Crippen LogP contribution is -2.25. The number of hydrogen-bond acceptors (Lipinski definition) is 5. The van der Waals surface area contributed by atoms with Gasteiger partial charge in [-0.25, -0.2) is 24.1 Å². The van der Waals surface area contributed by atoms with Crippen LogP contribution in [0.1, 0.15) is 50.6 Å². The molecule has 9 nitrogen and oxygen atoms in total. The van der Waals surface area contributed by atoms with E-state index in [2.05, 4.69) is 25.7 Å². The van der Waals surface area contributed by atoms with Crippen molar-refractivity contribution in [1.29, 1.82) is 0 Å². The van der Waals surface area contributed by atoms with Crippen molar-refractivity contribution in [2.45, 2.75) is 33.6 Å². The normalized spacial score (nSPS) is 12.5. The maximum Gasteiger partial charge on any atom is 0.332 e. The topological polar surface area (TPSA) is 115 Å². The Morgan fingerprint density at radius 2 is 2.00 bits per heavy atom. The van der Waals surface area contributed by atoms with Crippen molar-refractivity contribution >= 4 is 28.3 Å². The van der Waals surface area contributed by atoms with Gasteiger partial charge in [-0.3, -0.25) is 4.68 Å². The molecule has 162 valence electrons. The van der Waals surface area contributed by atoms with Crippen LogP contribution >= 0.6 is 0 Å². The fraction of sp³-hybridized carbons (Fsp3) is 0.286. The molecule has 1 aromatic carbocycles. The number of aromatic nitrogens is 5. The van der Waals surface area contributed by atoms with Gasteiger partial charge in [0.1, 0.15) is 11.5 Å². The number of hydrazone groups is 1. The van der Waals surface area contributed by atoms with E-state index < -0.39 is 6.03 Å². The minimum atomic E-state index is -0.761. The molecule has 0 aliphatic carbocycles. The number of fused-ring (bicyclic) bond motifs is 2. The van der Waals surface area contributed by atoms with Crippen LogP contribution in [0.25, 0.3) is 16.6 Å². The first-order valence-corrected chi connectivity index (χ1v) is 9.91. The summed E-state index contributed by atoms with van der Waals surface area (Å²) in [6.07, 6.45) is 3.39. The molecule has 0 bridgehead atoms. The summed E-state index contributed by atoms with van der Waals surface area (Å²) >= 11 is 0. The molecule has 31 heavy (non-hydrogen) atoms. The lowest BCUT2D eigenvalue weighted by molar-refractivity contribution is 0.249. The number of aryl methyl sites for hydroxylation is 1. The van der Waals surface area contributed by atoms with Crippen LogP contribution in [0, 0.1) is 5.82 Å². The molecule has 0 spiro atoms. The number of carbonyl (C=O) groups is 1. The SMILES string of the molecule is C/C(=N\NC(N)=O)c1ccc2ncc(C(C)c3cc4cnn(C)c4cc3F)n2n1.CC. The van der Waals surface area contributed by atoms with Crippen LogP contribution < -0.4 is 11.2 Å². The van der Waals surface area contributed by atoms with Crippen LogP contribution in [-0.4, -0.2) is 36.1 Å². The van der Waals surface area contributed by atoms with Crippen molar-refractivity contribution in [1.82, 2.24) is 29.8 Å². The van der Waals surface area contributed by atoms with Gasteiger partial charge >= 0.3 is 6.03 Å². The molecule has 1 atom stereocenters. The van der Waals surface area contributed by atoms with E-state index in [1.165, 1.54) is 6.07 Å². The largest absolute Gasteiger partial charge is 0.350 e. The molecule has 0 saturated heterocycles. The molecule has 0 radical (unpaired) electrons. The highest BCUT2D eigenvalue weighted by Crippen LogP contribution is 2.29. The number of hydrogen-bond donors (Lipinski definition) is 2. The van der Waals surface area contributed by atoms with E-state index in [1.807, 2.05) is 20.8 Å². The van der Waals surface area contributed by atoms with Crippen LogP contribution in [0.5, 0.6) is 0 Å². The molecule has 4 aromatic rings. The van der Waals surface area contributed by atoms with Crippen LogP contribution in [0.2, 0.25) is 0 Å². The average molecular weight is 424 g/mol. The lowest BCUT2D eigenvalue weighted by Gasteiger charge is -2.13. The fourth-order valence-electron chi connectivity index (χ4n) is 3.26. The Hall–Kier alpha value is -3.82. The third kappa shape index (κ3) is 4.23. The van der Waals surface area contributed by atoms with Gasteiger partial charge in [-0.2, -0.15) is 15.3 Å². The molecule has 0 saturated carbocycles. The maximum atomic E-state index is 14.8. The van der Waals surface area contributed by atoms with Gasteiger partial charge in [-0.1, -0.05) is 20.8 Å². The number of benzene rings is 1. The number of nitrogens with one attached hydrogen (secondary N) is 1. The van der Waals surface area contributed by atoms with Gasteiger partial charge in [-0.05, 0) is 30.7 Å². The first-order chi connectivity index (χ1) is 14.8. The Morgan fingerprint density at radius 3 is 2.71 bits per heavy atom. The number of imidazole rings is 1. The Bertz CT molecular complexity index is 1270. The summed E-state index contributed by atoms with van der Waals surface area (Å²) < 4.78 is 18.1. The number of halogens is 1. The number of rotatable bonds is 4. The monoisotopic (exact) mass is 424 g/mol. The summed E-state index contributed by atoms with van der Waals surface area (Å²) in [6, 6.07) is 6.05. The highest BCUT2D eigenvalue weighted by Gasteiger charge is 2.20. The van der Waals surface area contributed by atoms with Crippen molar-refractivity contribution in [3.8, 4) is 0 Å². The van der Waals surface area contributed by atoms with Gasteiger partial charge in [0, 0.05) is 24.4 Å². The predicted molar refractivity (Wildman–Crippen MR) is 117 cm³/mol.